The molecule has 0 aliphatic heterocycles. The smallest absolute Gasteiger partial charge is 0.101 e. The molecule has 3 aromatic heterocycles. The lowest BCUT2D eigenvalue weighted by atomic mass is 10.0. The fourth-order valence-electron chi connectivity index (χ4n) is 8.78. The topological polar surface area (TPSA) is 62.4 Å². The summed E-state index contributed by atoms with van der Waals surface area (Å²) in [5, 5.41) is 27.4. The van der Waals surface area contributed by atoms with Crippen LogP contribution in [0.3, 0.4) is 0 Å². The highest BCUT2D eigenvalue weighted by Crippen LogP contribution is 2.41. The Morgan fingerprint density at radius 3 is 1.42 bits per heavy atom. The van der Waals surface area contributed by atoms with Crippen LogP contribution in [0.5, 0.6) is 0 Å². The fraction of sp³-hybridized carbons (Fsp3) is 0. The van der Waals surface area contributed by atoms with Crippen LogP contribution in [0, 0.1) is 22.7 Å². The van der Waals surface area contributed by atoms with Gasteiger partial charge >= 0.3 is 0 Å². The van der Waals surface area contributed by atoms with Gasteiger partial charge in [0.1, 0.15) is 6.07 Å². The third kappa shape index (κ3) is 4.45. The van der Waals surface area contributed by atoms with Gasteiger partial charge in [-0.2, -0.15) is 10.5 Å². The minimum absolute atomic E-state index is 0.581. The van der Waals surface area contributed by atoms with Crippen molar-refractivity contribution < 1.29 is 0 Å². The number of nitrogens with zero attached hydrogens (tertiary/aromatic N) is 5. The van der Waals surface area contributed by atoms with E-state index >= 15 is 0 Å². The number of para-hydroxylation sites is 6. The van der Waals surface area contributed by atoms with Crippen molar-refractivity contribution in [3.63, 3.8) is 0 Å². The molecule has 11 rings (SSSR count). The van der Waals surface area contributed by atoms with Gasteiger partial charge < -0.3 is 13.7 Å². The lowest BCUT2D eigenvalue weighted by Gasteiger charge is -2.16. The molecule has 0 atom stereocenters. The first-order valence-corrected chi connectivity index (χ1v) is 18.3. The maximum atomic E-state index is 10.4. The van der Waals surface area contributed by atoms with Gasteiger partial charge in [-0.15, -0.1) is 0 Å². The van der Waals surface area contributed by atoms with Crippen LogP contribution in [-0.2, 0) is 0 Å². The largest absolute Gasteiger partial charge is 0.308 e. The van der Waals surface area contributed by atoms with Crippen LogP contribution in [0.1, 0.15) is 11.1 Å². The second-order valence-electron chi connectivity index (χ2n) is 14.0. The average molecular weight is 700 g/mol. The summed E-state index contributed by atoms with van der Waals surface area (Å²) < 4.78 is 6.88. The third-order valence-corrected chi connectivity index (χ3v) is 11.1. The molecular formula is C50H29N5. The molecule has 5 nitrogen and oxygen atoms in total. The molecule has 0 amide bonds. The number of hydrogen-bond donors (Lipinski definition) is 0. The summed E-state index contributed by atoms with van der Waals surface area (Å²) in [6.07, 6.45) is 0. The van der Waals surface area contributed by atoms with E-state index in [2.05, 4.69) is 165 Å². The Morgan fingerprint density at radius 2 is 0.836 bits per heavy atom. The molecule has 8 aromatic carbocycles. The monoisotopic (exact) mass is 699 g/mol. The van der Waals surface area contributed by atoms with Gasteiger partial charge in [0.05, 0.1) is 56.0 Å². The molecule has 0 saturated heterocycles. The zero-order valence-electron chi connectivity index (χ0n) is 29.5. The first-order chi connectivity index (χ1) is 27.2. The summed E-state index contributed by atoms with van der Waals surface area (Å²) >= 11 is 0. The Bertz CT molecular complexity index is 3400. The minimum Gasteiger partial charge on any atom is -0.308 e. The predicted molar refractivity (Wildman–Crippen MR) is 224 cm³/mol. The molecule has 0 fully saturated rings. The molecule has 55 heavy (non-hydrogen) atoms. The summed E-state index contributed by atoms with van der Waals surface area (Å²) in [6, 6.07) is 65.9. The SMILES string of the molecule is N#Cc1cc(-c2ccc(-n3c4ccccc4c4cccc(C#N)c43)cc2)cc(-n2c3ccccc3c3cccc(-n4c5ccccc5c5ccccc54)c32)c1. The van der Waals surface area contributed by atoms with Crippen molar-refractivity contribution in [3.8, 4) is 40.3 Å². The van der Waals surface area contributed by atoms with E-state index in [-0.39, 0.29) is 0 Å². The Hall–Kier alpha value is -7.86. The number of benzene rings is 8. The molecule has 0 spiro atoms. The van der Waals surface area contributed by atoms with E-state index < -0.39 is 0 Å². The Kier molecular flexibility index (Phi) is 6.61. The average Bonchev–Trinajstić information content (AvgIpc) is 3.90. The summed E-state index contributed by atoms with van der Waals surface area (Å²) in [5.74, 6) is 0. The quantitative estimate of drug-likeness (QED) is 0.184. The second-order valence-corrected chi connectivity index (χ2v) is 14.0. The van der Waals surface area contributed by atoms with Crippen molar-refractivity contribution >= 4 is 65.4 Å². The van der Waals surface area contributed by atoms with E-state index in [9.17, 15) is 10.5 Å². The molecule has 0 saturated carbocycles. The van der Waals surface area contributed by atoms with Gasteiger partial charge in [-0.25, -0.2) is 0 Å². The summed E-state index contributed by atoms with van der Waals surface area (Å²) in [4.78, 5) is 0. The molecule has 3 heterocycles. The van der Waals surface area contributed by atoms with Crippen LogP contribution >= 0.6 is 0 Å². The molecular weight excluding hydrogens is 671 g/mol. The lowest BCUT2D eigenvalue weighted by molar-refractivity contribution is 1.13. The molecule has 11 aromatic rings. The second kappa shape index (κ2) is 11.8. The molecule has 0 aliphatic rings. The number of fused-ring (bicyclic) bond motifs is 9. The molecule has 0 radical (unpaired) electrons. The van der Waals surface area contributed by atoms with Crippen molar-refractivity contribution in [1.82, 2.24) is 13.7 Å². The van der Waals surface area contributed by atoms with Crippen molar-refractivity contribution in [1.29, 1.82) is 10.5 Å². The van der Waals surface area contributed by atoms with Crippen LogP contribution in [0.15, 0.2) is 176 Å². The van der Waals surface area contributed by atoms with Gasteiger partial charge in [-0.1, -0.05) is 109 Å². The van der Waals surface area contributed by atoms with Gasteiger partial charge in [-0.05, 0) is 77.9 Å². The summed E-state index contributed by atoms with van der Waals surface area (Å²) in [5.41, 5.74) is 12.5. The molecule has 254 valence electrons. The predicted octanol–water partition coefficient (Wildman–Crippen LogP) is 12.4. The van der Waals surface area contributed by atoms with Crippen LogP contribution in [0.2, 0.25) is 0 Å². The standard InChI is InChI=1S/C50H29N5/c51-30-32-27-35(33-23-25-36(26-24-33)53-44-18-5-3-14-40(44)42-16-9-11-34(31-52)49(42)53)29-37(28-32)54-45-19-6-4-15-41(45)43-17-10-22-48(50(43)54)55-46-20-7-1-12-38(46)39-13-2-8-21-47(39)55/h1-29H. The third-order valence-electron chi connectivity index (χ3n) is 11.1. The van der Waals surface area contributed by atoms with Gasteiger partial charge in [0.2, 0.25) is 0 Å². The molecule has 0 aliphatic carbocycles. The van der Waals surface area contributed by atoms with Gasteiger partial charge in [0, 0.05) is 43.7 Å². The van der Waals surface area contributed by atoms with Crippen LogP contribution in [0.25, 0.3) is 93.6 Å². The highest BCUT2D eigenvalue weighted by Gasteiger charge is 2.21. The maximum Gasteiger partial charge on any atom is 0.101 e. The summed E-state index contributed by atoms with van der Waals surface area (Å²) in [7, 11) is 0. The number of rotatable bonds is 4. The van der Waals surface area contributed by atoms with E-state index in [0.717, 1.165) is 82.8 Å². The molecule has 5 heteroatoms. The first kappa shape index (κ1) is 30.7. The summed E-state index contributed by atoms with van der Waals surface area (Å²) in [6.45, 7) is 0. The van der Waals surface area contributed by atoms with Crippen LogP contribution in [0.4, 0.5) is 0 Å². The van der Waals surface area contributed by atoms with Gasteiger partial charge in [0.15, 0.2) is 0 Å². The number of nitriles is 2. The Morgan fingerprint density at radius 1 is 0.345 bits per heavy atom. The van der Waals surface area contributed by atoms with Crippen molar-refractivity contribution in [2.24, 2.45) is 0 Å². The highest BCUT2D eigenvalue weighted by atomic mass is 15.1. The van der Waals surface area contributed by atoms with Gasteiger partial charge in [0.25, 0.3) is 0 Å². The Balaban J connectivity index is 1.13. The highest BCUT2D eigenvalue weighted by molar-refractivity contribution is 6.15. The number of hydrogen-bond acceptors (Lipinski definition) is 2. The van der Waals surface area contributed by atoms with E-state index in [4.69, 9.17) is 0 Å². The van der Waals surface area contributed by atoms with Crippen molar-refractivity contribution in [2.45, 2.75) is 0 Å². The van der Waals surface area contributed by atoms with Crippen molar-refractivity contribution in [2.75, 3.05) is 0 Å². The zero-order valence-corrected chi connectivity index (χ0v) is 29.5. The number of aromatic nitrogens is 3. The minimum atomic E-state index is 0.581. The van der Waals surface area contributed by atoms with Crippen LogP contribution in [-0.4, -0.2) is 13.7 Å². The zero-order chi connectivity index (χ0) is 36.6. The molecule has 0 N–H and O–H groups in total. The lowest BCUT2D eigenvalue weighted by Crippen LogP contribution is -2.01. The van der Waals surface area contributed by atoms with Gasteiger partial charge in [-0.3, -0.25) is 0 Å². The van der Waals surface area contributed by atoms with E-state index in [1.807, 2.05) is 36.4 Å². The van der Waals surface area contributed by atoms with Crippen molar-refractivity contribution in [3.05, 3.63) is 187 Å². The normalized spacial score (nSPS) is 11.6. The van der Waals surface area contributed by atoms with E-state index in [1.54, 1.807) is 0 Å². The molecule has 0 unspecified atom stereocenters. The maximum absolute atomic E-state index is 10.4. The first-order valence-electron chi connectivity index (χ1n) is 18.3. The van der Waals surface area contributed by atoms with E-state index in [0.29, 0.717) is 11.1 Å². The van der Waals surface area contributed by atoms with Crippen LogP contribution < -0.4 is 0 Å². The Labute approximate surface area is 316 Å². The molecule has 0 bridgehead atoms. The fourth-order valence-corrected chi connectivity index (χ4v) is 8.78. The van der Waals surface area contributed by atoms with E-state index in [1.165, 1.54) is 10.8 Å².